The molecule has 0 spiro atoms. The molecule has 1 unspecified atom stereocenters. The Kier molecular flexibility index (Phi) is 4.36. The Bertz CT molecular complexity index is 988. The monoisotopic (exact) mass is 365 g/mol. The second-order valence-corrected chi connectivity index (χ2v) is 7.73. The maximum Gasteiger partial charge on any atom is 0.324 e. The average molecular weight is 365 g/mol. The van der Waals surface area contributed by atoms with Crippen LogP contribution in [0.25, 0.3) is 10.9 Å². The Balaban J connectivity index is 1.54. The van der Waals surface area contributed by atoms with E-state index in [0.29, 0.717) is 13.0 Å². The number of rotatable bonds is 3. The predicted molar refractivity (Wildman–Crippen MR) is 103 cm³/mol. The maximum atomic E-state index is 12.4. The molecule has 140 valence electrons. The van der Waals surface area contributed by atoms with Crippen LogP contribution in [0.3, 0.4) is 0 Å². The molecular weight excluding hydrogens is 342 g/mol. The molecule has 0 aliphatic carbocycles. The van der Waals surface area contributed by atoms with E-state index in [4.69, 9.17) is 9.47 Å². The molecule has 1 aromatic carbocycles. The van der Waals surface area contributed by atoms with E-state index in [1.54, 1.807) is 6.20 Å². The summed E-state index contributed by atoms with van der Waals surface area (Å²) in [6, 6.07) is 9.40. The number of pyridine rings is 1. The predicted octanol–water partition coefficient (Wildman–Crippen LogP) is 3.71. The molecule has 0 amide bonds. The highest BCUT2D eigenvalue weighted by atomic mass is 16.6. The van der Waals surface area contributed by atoms with Crippen LogP contribution in [0.4, 0.5) is 0 Å². The number of benzene rings is 1. The highest BCUT2D eigenvalue weighted by Gasteiger charge is 2.30. The molecule has 2 aromatic heterocycles. The van der Waals surface area contributed by atoms with Crippen molar-refractivity contribution < 1.29 is 14.3 Å². The lowest BCUT2D eigenvalue weighted by Gasteiger charge is -2.28. The van der Waals surface area contributed by atoms with E-state index >= 15 is 0 Å². The van der Waals surface area contributed by atoms with Crippen molar-refractivity contribution in [2.45, 2.75) is 45.4 Å². The van der Waals surface area contributed by atoms with Gasteiger partial charge in [0.2, 0.25) is 0 Å². The third-order valence-electron chi connectivity index (χ3n) is 4.47. The van der Waals surface area contributed by atoms with Gasteiger partial charge in [0.05, 0.1) is 5.69 Å². The number of fused-ring (bicyclic) bond motifs is 2. The van der Waals surface area contributed by atoms with Crippen LogP contribution in [-0.4, -0.2) is 27.6 Å². The minimum atomic E-state index is -0.506. The standard InChI is InChI=1S/C21H23N3O3/c1-21(2,3)27-20(25)18-11-17-15(12-24-18)19(7-9-23-17)26-14-4-5-16-13(10-14)6-8-22-16/h4-10,18,22,24H,11-12H2,1-3H3. The quantitative estimate of drug-likeness (QED) is 0.692. The molecule has 27 heavy (non-hydrogen) atoms. The second-order valence-electron chi connectivity index (χ2n) is 7.73. The van der Waals surface area contributed by atoms with Gasteiger partial charge in [0.25, 0.3) is 0 Å². The number of hydrogen-bond donors (Lipinski definition) is 2. The van der Waals surface area contributed by atoms with Gasteiger partial charge in [-0.05, 0) is 51.1 Å². The van der Waals surface area contributed by atoms with Gasteiger partial charge in [-0.3, -0.25) is 15.1 Å². The van der Waals surface area contributed by atoms with Crippen molar-refractivity contribution in [3.63, 3.8) is 0 Å². The second kappa shape index (κ2) is 6.70. The molecule has 0 saturated heterocycles. The Hall–Kier alpha value is -2.86. The zero-order valence-electron chi connectivity index (χ0n) is 15.7. The van der Waals surface area contributed by atoms with Crippen molar-refractivity contribution >= 4 is 16.9 Å². The zero-order chi connectivity index (χ0) is 19.0. The molecule has 4 rings (SSSR count). The minimum absolute atomic E-state index is 0.251. The largest absolute Gasteiger partial charge is 0.459 e. The molecule has 0 saturated carbocycles. The lowest BCUT2D eigenvalue weighted by Crippen LogP contribution is -2.45. The summed E-state index contributed by atoms with van der Waals surface area (Å²) in [6.07, 6.45) is 4.11. The summed E-state index contributed by atoms with van der Waals surface area (Å²) in [6.45, 7) is 6.11. The Morgan fingerprint density at radius 2 is 2.07 bits per heavy atom. The van der Waals surface area contributed by atoms with Gasteiger partial charge in [-0.25, -0.2) is 0 Å². The summed E-state index contributed by atoms with van der Waals surface area (Å²) in [5.74, 6) is 1.27. The van der Waals surface area contributed by atoms with E-state index in [9.17, 15) is 4.79 Å². The number of aromatic amines is 1. The van der Waals surface area contributed by atoms with Gasteiger partial charge < -0.3 is 14.5 Å². The van der Waals surface area contributed by atoms with Gasteiger partial charge in [-0.2, -0.15) is 0 Å². The van der Waals surface area contributed by atoms with E-state index < -0.39 is 11.6 Å². The van der Waals surface area contributed by atoms with Gasteiger partial charge in [-0.15, -0.1) is 0 Å². The summed E-state index contributed by atoms with van der Waals surface area (Å²) in [7, 11) is 0. The fraction of sp³-hybridized carbons (Fsp3) is 0.333. The van der Waals surface area contributed by atoms with Crippen LogP contribution in [0.2, 0.25) is 0 Å². The summed E-state index contributed by atoms with van der Waals surface area (Å²) in [5, 5.41) is 4.35. The van der Waals surface area contributed by atoms with Gasteiger partial charge in [0, 0.05) is 41.8 Å². The van der Waals surface area contributed by atoms with Crippen LogP contribution < -0.4 is 10.1 Å². The molecule has 0 radical (unpaired) electrons. The van der Waals surface area contributed by atoms with Crippen molar-refractivity contribution in [2.24, 2.45) is 0 Å². The van der Waals surface area contributed by atoms with Gasteiger partial charge in [0.1, 0.15) is 23.1 Å². The van der Waals surface area contributed by atoms with Crippen LogP contribution in [-0.2, 0) is 22.5 Å². The van der Waals surface area contributed by atoms with Crippen molar-refractivity contribution in [2.75, 3.05) is 0 Å². The van der Waals surface area contributed by atoms with E-state index in [1.165, 1.54) is 0 Å². The highest BCUT2D eigenvalue weighted by Crippen LogP contribution is 2.31. The molecule has 3 aromatic rings. The summed E-state index contributed by atoms with van der Waals surface area (Å²) >= 11 is 0. The number of H-pyrrole nitrogens is 1. The van der Waals surface area contributed by atoms with Crippen LogP contribution in [0.1, 0.15) is 32.0 Å². The highest BCUT2D eigenvalue weighted by molar-refractivity contribution is 5.81. The van der Waals surface area contributed by atoms with Crippen LogP contribution in [0, 0.1) is 0 Å². The number of hydrogen-bond acceptors (Lipinski definition) is 5. The summed E-state index contributed by atoms with van der Waals surface area (Å²) < 4.78 is 11.6. The van der Waals surface area contributed by atoms with Crippen LogP contribution in [0.15, 0.2) is 42.7 Å². The molecule has 6 heteroatoms. The molecule has 2 N–H and O–H groups in total. The van der Waals surface area contributed by atoms with Crippen LogP contribution in [0.5, 0.6) is 11.5 Å². The lowest BCUT2D eigenvalue weighted by atomic mass is 10.00. The smallest absolute Gasteiger partial charge is 0.324 e. The fourth-order valence-corrected chi connectivity index (χ4v) is 3.23. The third-order valence-corrected chi connectivity index (χ3v) is 4.47. The fourth-order valence-electron chi connectivity index (χ4n) is 3.23. The van der Waals surface area contributed by atoms with Gasteiger partial charge >= 0.3 is 5.97 Å². The van der Waals surface area contributed by atoms with E-state index in [0.717, 1.165) is 33.7 Å². The molecule has 1 aliphatic heterocycles. The number of aromatic nitrogens is 2. The number of nitrogens with one attached hydrogen (secondary N) is 2. The average Bonchev–Trinajstić information content (AvgIpc) is 3.08. The summed E-state index contributed by atoms with van der Waals surface area (Å²) in [4.78, 5) is 20.0. The van der Waals surface area contributed by atoms with E-state index in [-0.39, 0.29) is 5.97 Å². The zero-order valence-corrected chi connectivity index (χ0v) is 15.7. The van der Waals surface area contributed by atoms with Gasteiger partial charge in [-0.1, -0.05) is 0 Å². The number of ether oxygens (including phenoxy) is 2. The minimum Gasteiger partial charge on any atom is -0.459 e. The normalized spacial score (nSPS) is 16.8. The van der Waals surface area contributed by atoms with E-state index in [1.807, 2.05) is 57.3 Å². The van der Waals surface area contributed by atoms with Crippen molar-refractivity contribution in [1.29, 1.82) is 0 Å². The first-order valence-electron chi connectivity index (χ1n) is 9.07. The number of carbonyl (C=O) groups excluding carboxylic acids is 1. The number of nitrogens with zero attached hydrogens (tertiary/aromatic N) is 1. The molecular formula is C21H23N3O3. The topological polar surface area (TPSA) is 76.2 Å². The van der Waals surface area contributed by atoms with Crippen molar-refractivity contribution in [3.05, 3.63) is 54.0 Å². The Morgan fingerprint density at radius 1 is 1.22 bits per heavy atom. The van der Waals surface area contributed by atoms with Crippen LogP contribution >= 0.6 is 0 Å². The lowest BCUT2D eigenvalue weighted by molar-refractivity contribution is -0.157. The Labute approximate surface area is 157 Å². The summed E-state index contributed by atoms with van der Waals surface area (Å²) in [5.41, 5.74) is 2.41. The first kappa shape index (κ1) is 17.5. The molecule has 6 nitrogen and oxygen atoms in total. The Morgan fingerprint density at radius 3 is 2.89 bits per heavy atom. The number of carbonyl (C=O) groups is 1. The first-order valence-corrected chi connectivity index (χ1v) is 9.07. The van der Waals surface area contributed by atoms with Crippen molar-refractivity contribution in [1.82, 2.24) is 15.3 Å². The SMILES string of the molecule is CC(C)(C)OC(=O)C1Cc2nccc(Oc3ccc4[nH]ccc4c3)c2CN1. The molecule has 3 heterocycles. The number of esters is 1. The molecule has 0 bridgehead atoms. The first-order chi connectivity index (χ1) is 12.9. The van der Waals surface area contributed by atoms with E-state index in [2.05, 4.69) is 15.3 Å². The maximum absolute atomic E-state index is 12.4. The molecule has 1 atom stereocenters. The third kappa shape index (κ3) is 3.80. The van der Waals surface area contributed by atoms with Crippen molar-refractivity contribution in [3.8, 4) is 11.5 Å². The molecule has 1 aliphatic rings. The van der Waals surface area contributed by atoms with Gasteiger partial charge in [0.15, 0.2) is 0 Å². The molecule has 0 fully saturated rings.